The van der Waals surface area contributed by atoms with Crippen LogP contribution in [-0.4, -0.2) is 45.5 Å². The van der Waals surface area contributed by atoms with Gasteiger partial charge in [-0.25, -0.2) is 0 Å². The molecule has 0 aliphatic carbocycles. The molecule has 44 valence electrons. The van der Waals surface area contributed by atoms with Crippen LogP contribution >= 0.6 is 0 Å². The number of hydrogen-bond acceptors (Lipinski definition) is 0. The van der Waals surface area contributed by atoms with Gasteiger partial charge in [0.1, 0.15) is 0 Å². The predicted octanol–water partition coefficient (Wildman–Crippen LogP) is -1.58. The molecule has 0 aliphatic rings. The van der Waals surface area contributed by atoms with E-state index in [1.54, 1.807) is 0 Å². The van der Waals surface area contributed by atoms with Crippen molar-refractivity contribution < 1.29 is 24.0 Å². The molecule has 0 aromatic heterocycles. The van der Waals surface area contributed by atoms with Crippen molar-refractivity contribution in [3.05, 3.63) is 35.9 Å². The van der Waals surface area contributed by atoms with Crippen molar-refractivity contribution in [2.24, 2.45) is 0 Å². The molecule has 0 nitrogen and oxygen atoms in total. The molecular formula is C7H7ISr. The molecule has 0 saturated carbocycles. The van der Waals surface area contributed by atoms with Crippen LogP contribution in [0, 0.1) is 13.0 Å². The molecule has 0 saturated heterocycles. The Morgan fingerprint density at radius 1 is 1.22 bits per heavy atom. The average Bonchev–Trinajstić information content (AvgIpc) is 1.69. The van der Waals surface area contributed by atoms with E-state index in [0.29, 0.717) is 0 Å². The number of hydrogen-bond donors (Lipinski definition) is 0. The summed E-state index contributed by atoms with van der Waals surface area (Å²) >= 11 is 0. The van der Waals surface area contributed by atoms with E-state index in [4.69, 9.17) is 0 Å². The van der Waals surface area contributed by atoms with E-state index >= 15 is 0 Å². The normalized spacial score (nSPS) is 6.78. The molecule has 0 heterocycles. The molecular weight excluding hydrogens is 299 g/mol. The number of halogens is 1. The quantitative estimate of drug-likeness (QED) is 0.308. The molecule has 0 fully saturated rings. The van der Waals surface area contributed by atoms with Crippen molar-refractivity contribution in [3.8, 4) is 0 Å². The zero-order valence-electron chi connectivity index (χ0n) is 5.39. The van der Waals surface area contributed by atoms with Gasteiger partial charge in [-0.3, -0.25) is 0 Å². The Hall–Kier alpha value is 1.43. The van der Waals surface area contributed by atoms with Crippen molar-refractivity contribution in [2.75, 3.05) is 0 Å². The minimum Gasteiger partial charge on any atom is -1.00 e. The van der Waals surface area contributed by atoms with Gasteiger partial charge in [0.2, 0.25) is 0 Å². The van der Waals surface area contributed by atoms with Gasteiger partial charge in [-0.2, -0.15) is 35.9 Å². The second kappa shape index (κ2) is 7.54. The second-order valence-corrected chi connectivity index (χ2v) is 1.58. The van der Waals surface area contributed by atoms with E-state index in [2.05, 4.69) is 13.0 Å². The van der Waals surface area contributed by atoms with Crippen LogP contribution in [-0.2, 0) is 0 Å². The van der Waals surface area contributed by atoms with E-state index in [-0.39, 0.29) is 69.5 Å². The maximum Gasteiger partial charge on any atom is 2.00 e. The SMILES string of the molecule is Cc1cc[c-]cc1.[I-].[Sr+2]. The molecule has 0 N–H and O–H groups in total. The number of benzene rings is 1. The van der Waals surface area contributed by atoms with Gasteiger partial charge in [-0.15, -0.1) is 0 Å². The summed E-state index contributed by atoms with van der Waals surface area (Å²) in [5.74, 6) is 0. The summed E-state index contributed by atoms with van der Waals surface area (Å²) in [4.78, 5) is 0. The zero-order valence-corrected chi connectivity index (χ0v) is 11.0. The van der Waals surface area contributed by atoms with Crippen LogP contribution in [0.15, 0.2) is 24.3 Å². The van der Waals surface area contributed by atoms with Crippen molar-refractivity contribution in [1.82, 2.24) is 0 Å². The Balaban J connectivity index is 0. The number of rotatable bonds is 0. The first kappa shape index (κ1) is 13.1. The Labute approximate surface area is 110 Å². The predicted molar refractivity (Wildman–Crippen MR) is 35.8 cm³/mol. The largest absolute Gasteiger partial charge is 2.00 e. The van der Waals surface area contributed by atoms with E-state index in [1.807, 2.05) is 24.3 Å². The topological polar surface area (TPSA) is 0 Å². The first-order valence-corrected chi connectivity index (χ1v) is 2.32. The van der Waals surface area contributed by atoms with Crippen molar-refractivity contribution in [3.63, 3.8) is 0 Å². The molecule has 1 aromatic carbocycles. The summed E-state index contributed by atoms with van der Waals surface area (Å²) in [6.45, 7) is 2.06. The summed E-state index contributed by atoms with van der Waals surface area (Å²) in [6.07, 6.45) is 0. The summed E-state index contributed by atoms with van der Waals surface area (Å²) in [5, 5.41) is 0. The van der Waals surface area contributed by atoms with Crippen LogP contribution in [0.1, 0.15) is 5.56 Å². The van der Waals surface area contributed by atoms with E-state index in [0.717, 1.165) is 0 Å². The molecule has 0 spiro atoms. The van der Waals surface area contributed by atoms with Gasteiger partial charge in [0.15, 0.2) is 0 Å². The fourth-order valence-corrected chi connectivity index (χ4v) is 0.470. The third kappa shape index (κ3) is 5.85. The Morgan fingerprint density at radius 3 is 1.89 bits per heavy atom. The average molecular weight is 306 g/mol. The Bertz CT molecular complexity index is 139. The Morgan fingerprint density at radius 2 is 1.67 bits per heavy atom. The molecule has 9 heavy (non-hydrogen) atoms. The third-order valence-electron chi connectivity index (χ3n) is 0.885. The van der Waals surface area contributed by atoms with Gasteiger partial charge in [-0.05, 0) is 0 Å². The second-order valence-electron chi connectivity index (χ2n) is 1.58. The fourth-order valence-electron chi connectivity index (χ4n) is 0.470. The number of aryl methyl sites for hydroxylation is 1. The van der Waals surface area contributed by atoms with Crippen molar-refractivity contribution >= 4 is 45.5 Å². The minimum absolute atomic E-state index is 0. The molecule has 1 rings (SSSR count). The molecule has 1 aromatic rings. The molecule has 0 atom stereocenters. The van der Waals surface area contributed by atoms with Gasteiger partial charge in [0, 0.05) is 0 Å². The summed E-state index contributed by atoms with van der Waals surface area (Å²) in [5.41, 5.74) is 1.29. The Kier molecular flexibility index (Phi) is 10.9. The van der Waals surface area contributed by atoms with Gasteiger partial charge in [0.25, 0.3) is 0 Å². The van der Waals surface area contributed by atoms with Crippen LogP contribution < -0.4 is 24.0 Å². The molecule has 0 amide bonds. The maximum absolute atomic E-state index is 2.93. The maximum atomic E-state index is 2.93. The van der Waals surface area contributed by atoms with E-state index in [1.165, 1.54) is 5.56 Å². The monoisotopic (exact) mass is 306 g/mol. The van der Waals surface area contributed by atoms with Crippen LogP contribution in [0.25, 0.3) is 0 Å². The fraction of sp³-hybridized carbons (Fsp3) is 0.143. The van der Waals surface area contributed by atoms with Crippen LogP contribution in [0.4, 0.5) is 0 Å². The van der Waals surface area contributed by atoms with Crippen LogP contribution in [0.2, 0.25) is 0 Å². The van der Waals surface area contributed by atoms with Gasteiger partial charge in [-0.1, -0.05) is 6.92 Å². The van der Waals surface area contributed by atoms with Crippen molar-refractivity contribution in [2.45, 2.75) is 6.92 Å². The van der Waals surface area contributed by atoms with Crippen molar-refractivity contribution in [1.29, 1.82) is 0 Å². The summed E-state index contributed by atoms with van der Waals surface area (Å²) in [6, 6.07) is 10.8. The van der Waals surface area contributed by atoms with E-state index < -0.39 is 0 Å². The molecule has 2 heteroatoms. The van der Waals surface area contributed by atoms with Gasteiger partial charge >= 0.3 is 45.5 Å². The van der Waals surface area contributed by atoms with Gasteiger partial charge in [0.05, 0.1) is 0 Å². The van der Waals surface area contributed by atoms with Crippen LogP contribution in [0.5, 0.6) is 0 Å². The van der Waals surface area contributed by atoms with Crippen LogP contribution in [0.3, 0.4) is 0 Å². The minimum atomic E-state index is 0. The molecule has 0 aliphatic heterocycles. The van der Waals surface area contributed by atoms with Gasteiger partial charge < -0.3 is 24.0 Å². The summed E-state index contributed by atoms with van der Waals surface area (Å²) in [7, 11) is 0. The van der Waals surface area contributed by atoms with E-state index in [9.17, 15) is 0 Å². The third-order valence-corrected chi connectivity index (χ3v) is 0.885. The molecule has 0 unspecified atom stereocenters. The first-order valence-electron chi connectivity index (χ1n) is 2.32. The first-order chi connectivity index (χ1) is 3.39. The smallest absolute Gasteiger partial charge is 1.00 e. The summed E-state index contributed by atoms with van der Waals surface area (Å²) < 4.78 is 0. The molecule has 0 radical (unpaired) electrons. The standard InChI is InChI=1S/C7H7.HI.Sr/c1-7-5-3-2-4-6-7;;/h3-6H,1H3;1H;/q-1;;+2/p-1. The molecule has 0 bridgehead atoms. The zero-order chi connectivity index (χ0) is 5.11.